The van der Waals surface area contributed by atoms with Crippen LogP contribution in [0.3, 0.4) is 0 Å². The number of nitrogens with zero attached hydrogens (tertiary/aromatic N) is 1. The first-order chi connectivity index (χ1) is 10.0. The van der Waals surface area contributed by atoms with E-state index in [2.05, 4.69) is 37.2 Å². The monoisotopic (exact) mass is 298 g/mol. The number of nitrogen functional groups attached to an aromatic ring is 1. The lowest BCUT2D eigenvalue weighted by Crippen LogP contribution is -1.89. The highest BCUT2D eigenvalue weighted by atomic mass is 35.5. The summed E-state index contributed by atoms with van der Waals surface area (Å²) in [6, 6.07) is 13.8. The fourth-order valence-electron chi connectivity index (χ4n) is 2.53. The topological polar surface area (TPSA) is 52.0 Å². The SMILES string of the molecule is Cc1cc(C)cc(-c2noc(N)c2-c2cccc(Cl)c2)c1. The molecule has 1 heterocycles. The Morgan fingerprint density at radius 1 is 1.00 bits per heavy atom. The van der Waals surface area contributed by atoms with Crippen LogP contribution in [0.4, 0.5) is 5.88 Å². The van der Waals surface area contributed by atoms with Gasteiger partial charge in [-0.15, -0.1) is 0 Å². The molecule has 0 aliphatic heterocycles. The molecule has 0 radical (unpaired) electrons. The summed E-state index contributed by atoms with van der Waals surface area (Å²) in [7, 11) is 0. The van der Waals surface area contributed by atoms with Gasteiger partial charge in [0.2, 0.25) is 5.88 Å². The molecule has 0 bridgehead atoms. The lowest BCUT2D eigenvalue weighted by Gasteiger charge is -2.06. The zero-order chi connectivity index (χ0) is 15.0. The Morgan fingerprint density at radius 2 is 1.71 bits per heavy atom. The van der Waals surface area contributed by atoms with Gasteiger partial charge in [0.05, 0.1) is 5.56 Å². The van der Waals surface area contributed by atoms with Crippen LogP contribution in [0.15, 0.2) is 47.0 Å². The van der Waals surface area contributed by atoms with Crippen molar-refractivity contribution in [1.29, 1.82) is 0 Å². The minimum atomic E-state index is 0.298. The predicted molar refractivity (Wildman–Crippen MR) is 86.3 cm³/mol. The molecule has 3 nitrogen and oxygen atoms in total. The lowest BCUT2D eigenvalue weighted by atomic mass is 9.98. The second-order valence-electron chi connectivity index (χ2n) is 5.16. The second kappa shape index (κ2) is 5.26. The van der Waals surface area contributed by atoms with Gasteiger partial charge in [-0.1, -0.05) is 46.1 Å². The first-order valence-electron chi connectivity index (χ1n) is 6.64. The molecule has 3 aromatic rings. The van der Waals surface area contributed by atoms with Crippen LogP contribution >= 0.6 is 11.6 Å². The van der Waals surface area contributed by atoms with Crippen LogP contribution < -0.4 is 5.73 Å². The van der Waals surface area contributed by atoms with E-state index in [1.165, 1.54) is 11.1 Å². The Labute approximate surface area is 128 Å². The maximum Gasteiger partial charge on any atom is 0.230 e. The third-order valence-corrected chi connectivity index (χ3v) is 3.56. The van der Waals surface area contributed by atoms with Gasteiger partial charge in [-0.2, -0.15) is 0 Å². The Bertz CT molecular complexity index is 788. The van der Waals surface area contributed by atoms with Crippen LogP contribution in [-0.4, -0.2) is 5.16 Å². The van der Waals surface area contributed by atoms with Crippen LogP contribution in [0.2, 0.25) is 5.02 Å². The quantitative estimate of drug-likeness (QED) is 0.735. The number of hydrogen-bond donors (Lipinski definition) is 1. The zero-order valence-electron chi connectivity index (χ0n) is 11.9. The number of hydrogen-bond acceptors (Lipinski definition) is 3. The molecular weight excluding hydrogens is 284 g/mol. The van der Waals surface area contributed by atoms with Crippen molar-refractivity contribution in [2.24, 2.45) is 0 Å². The predicted octanol–water partition coefficient (Wildman–Crippen LogP) is 4.86. The lowest BCUT2D eigenvalue weighted by molar-refractivity contribution is 0.439. The molecule has 0 saturated heterocycles. The van der Waals surface area contributed by atoms with E-state index in [9.17, 15) is 0 Å². The minimum absolute atomic E-state index is 0.298. The van der Waals surface area contributed by atoms with Gasteiger partial charge >= 0.3 is 0 Å². The van der Waals surface area contributed by atoms with Crippen molar-refractivity contribution >= 4 is 17.5 Å². The highest BCUT2D eigenvalue weighted by molar-refractivity contribution is 6.30. The Kier molecular flexibility index (Phi) is 3.43. The molecule has 21 heavy (non-hydrogen) atoms. The molecule has 0 spiro atoms. The van der Waals surface area contributed by atoms with Crippen molar-refractivity contribution in [3.63, 3.8) is 0 Å². The van der Waals surface area contributed by atoms with Crippen molar-refractivity contribution in [2.45, 2.75) is 13.8 Å². The first-order valence-corrected chi connectivity index (χ1v) is 7.02. The summed E-state index contributed by atoms with van der Waals surface area (Å²) in [5.41, 5.74) is 11.7. The second-order valence-corrected chi connectivity index (χ2v) is 5.59. The smallest absolute Gasteiger partial charge is 0.230 e. The highest BCUT2D eigenvalue weighted by Crippen LogP contribution is 2.37. The van der Waals surface area contributed by atoms with Gasteiger partial charge in [-0.05, 0) is 43.7 Å². The number of nitrogens with two attached hydrogens (primary N) is 1. The van der Waals surface area contributed by atoms with Crippen LogP contribution in [0.25, 0.3) is 22.4 Å². The molecule has 4 heteroatoms. The van der Waals surface area contributed by atoms with Crippen molar-refractivity contribution < 1.29 is 4.52 Å². The molecule has 0 aliphatic rings. The van der Waals surface area contributed by atoms with Gasteiger partial charge < -0.3 is 10.3 Å². The molecule has 106 valence electrons. The average molecular weight is 299 g/mol. The molecule has 0 saturated carbocycles. The van der Waals surface area contributed by atoms with E-state index in [1.54, 1.807) is 0 Å². The van der Waals surface area contributed by atoms with E-state index in [4.69, 9.17) is 21.9 Å². The van der Waals surface area contributed by atoms with E-state index in [0.717, 1.165) is 22.4 Å². The van der Waals surface area contributed by atoms with Gasteiger partial charge in [-0.25, -0.2) is 0 Å². The summed E-state index contributed by atoms with van der Waals surface area (Å²) >= 11 is 6.07. The number of halogens is 1. The van der Waals surface area contributed by atoms with Crippen molar-refractivity contribution in [3.8, 4) is 22.4 Å². The van der Waals surface area contributed by atoms with Crippen LogP contribution in [0.5, 0.6) is 0 Å². The Hall–Kier alpha value is -2.26. The maximum atomic E-state index is 6.07. The molecule has 0 atom stereocenters. The average Bonchev–Trinajstić information content (AvgIpc) is 2.79. The van der Waals surface area contributed by atoms with Gasteiger partial charge in [-0.3, -0.25) is 0 Å². The van der Waals surface area contributed by atoms with Gasteiger partial charge in [0.1, 0.15) is 5.69 Å². The van der Waals surface area contributed by atoms with E-state index >= 15 is 0 Å². The molecule has 0 fully saturated rings. The summed E-state index contributed by atoms with van der Waals surface area (Å²) in [6.45, 7) is 4.11. The molecule has 2 aromatic carbocycles. The van der Waals surface area contributed by atoms with Crippen molar-refractivity contribution in [1.82, 2.24) is 5.16 Å². The number of aromatic nitrogens is 1. The number of benzene rings is 2. The van der Waals surface area contributed by atoms with Crippen LogP contribution in [0.1, 0.15) is 11.1 Å². The zero-order valence-corrected chi connectivity index (χ0v) is 12.6. The summed E-state index contributed by atoms with van der Waals surface area (Å²) in [5.74, 6) is 0.298. The van der Waals surface area contributed by atoms with Crippen molar-refractivity contribution in [2.75, 3.05) is 5.73 Å². The van der Waals surface area contributed by atoms with E-state index in [-0.39, 0.29) is 0 Å². The molecule has 0 amide bonds. The standard InChI is InChI=1S/C17H15ClN2O/c1-10-6-11(2)8-13(7-10)16-15(17(19)21-20-16)12-4-3-5-14(18)9-12/h3-9H,19H2,1-2H3. The van der Waals surface area contributed by atoms with E-state index in [1.807, 2.05) is 24.3 Å². The number of anilines is 1. The summed E-state index contributed by atoms with van der Waals surface area (Å²) in [5, 5.41) is 4.78. The normalized spacial score (nSPS) is 10.8. The summed E-state index contributed by atoms with van der Waals surface area (Å²) in [6.07, 6.45) is 0. The fraction of sp³-hybridized carbons (Fsp3) is 0.118. The maximum absolute atomic E-state index is 6.07. The van der Waals surface area contributed by atoms with Crippen LogP contribution in [0, 0.1) is 13.8 Å². The number of rotatable bonds is 2. The fourth-order valence-corrected chi connectivity index (χ4v) is 2.72. The largest absolute Gasteiger partial charge is 0.367 e. The minimum Gasteiger partial charge on any atom is -0.367 e. The van der Waals surface area contributed by atoms with Crippen molar-refractivity contribution in [3.05, 3.63) is 58.6 Å². The Morgan fingerprint density at radius 3 is 2.38 bits per heavy atom. The van der Waals surface area contributed by atoms with Crippen LogP contribution in [-0.2, 0) is 0 Å². The highest BCUT2D eigenvalue weighted by Gasteiger charge is 2.18. The van der Waals surface area contributed by atoms with Gasteiger partial charge in [0.25, 0.3) is 0 Å². The third-order valence-electron chi connectivity index (χ3n) is 3.33. The van der Waals surface area contributed by atoms with E-state index in [0.29, 0.717) is 10.9 Å². The summed E-state index contributed by atoms with van der Waals surface area (Å²) < 4.78 is 5.21. The van der Waals surface area contributed by atoms with E-state index < -0.39 is 0 Å². The Balaban J connectivity index is 2.21. The molecule has 0 aliphatic carbocycles. The molecule has 2 N–H and O–H groups in total. The number of aryl methyl sites for hydroxylation is 2. The van der Waals surface area contributed by atoms with Gasteiger partial charge in [0, 0.05) is 10.6 Å². The summed E-state index contributed by atoms with van der Waals surface area (Å²) in [4.78, 5) is 0. The first kappa shape index (κ1) is 13.7. The molecular formula is C17H15ClN2O. The van der Waals surface area contributed by atoms with Gasteiger partial charge in [0.15, 0.2) is 0 Å². The molecule has 0 unspecified atom stereocenters. The molecule has 3 rings (SSSR count). The third kappa shape index (κ3) is 2.65. The molecule has 1 aromatic heterocycles.